The molecule has 0 amide bonds. The summed E-state index contributed by atoms with van der Waals surface area (Å²) in [4.78, 5) is 17.8. The van der Waals surface area contributed by atoms with Crippen molar-refractivity contribution >= 4 is 22.4 Å². The average molecular weight is 322 g/mol. The third-order valence-electron chi connectivity index (χ3n) is 5.77. The summed E-state index contributed by atoms with van der Waals surface area (Å²) in [5.74, 6) is 2.30. The van der Waals surface area contributed by atoms with Gasteiger partial charge in [0.25, 0.3) is 0 Å². The van der Waals surface area contributed by atoms with Gasteiger partial charge in [-0.15, -0.1) is 0 Å². The first-order valence-corrected chi connectivity index (χ1v) is 8.81. The zero-order valence-electron chi connectivity index (χ0n) is 14.0. The van der Waals surface area contributed by atoms with E-state index in [1.165, 1.54) is 36.9 Å². The van der Waals surface area contributed by atoms with Crippen LogP contribution in [0.2, 0.25) is 0 Å². The number of hydrogen-bond acceptors (Lipinski definition) is 4. The van der Waals surface area contributed by atoms with Crippen molar-refractivity contribution < 1.29 is 4.84 Å². The molecule has 0 saturated carbocycles. The molecule has 2 bridgehead atoms. The predicted molar refractivity (Wildman–Crippen MR) is 94.3 cm³/mol. The lowest BCUT2D eigenvalue weighted by molar-refractivity contribution is -0.150. The molecule has 0 unspecified atom stereocenters. The van der Waals surface area contributed by atoms with Gasteiger partial charge in [-0.05, 0) is 50.2 Å². The third-order valence-corrected chi connectivity index (χ3v) is 5.77. The normalized spacial score (nSPS) is 33.5. The molecule has 24 heavy (non-hydrogen) atoms. The average Bonchev–Trinajstić information content (AvgIpc) is 2.97. The monoisotopic (exact) mass is 322 g/mol. The molecular weight excluding hydrogens is 300 g/mol. The fourth-order valence-electron chi connectivity index (χ4n) is 4.47. The predicted octanol–water partition coefficient (Wildman–Crippen LogP) is 2.96. The molecule has 4 saturated heterocycles. The van der Waals surface area contributed by atoms with Crippen molar-refractivity contribution in [1.29, 1.82) is 0 Å². The van der Waals surface area contributed by atoms with Gasteiger partial charge in [-0.2, -0.15) is 0 Å². The molecule has 0 radical (unpaired) electrons. The molecule has 6 rings (SSSR count). The topological polar surface area (TPSA) is 49.8 Å². The highest BCUT2D eigenvalue weighted by Crippen LogP contribution is 2.42. The second kappa shape index (κ2) is 5.26. The van der Waals surface area contributed by atoms with Gasteiger partial charge in [-0.3, -0.25) is 10.3 Å². The Labute approximate surface area is 141 Å². The van der Waals surface area contributed by atoms with Crippen LogP contribution in [0.3, 0.4) is 0 Å². The first-order chi connectivity index (χ1) is 11.7. The van der Waals surface area contributed by atoms with Crippen molar-refractivity contribution in [2.24, 2.45) is 10.9 Å². The van der Waals surface area contributed by atoms with E-state index < -0.39 is 0 Å². The van der Waals surface area contributed by atoms with Crippen molar-refractivity contribution in [3.05, 3.63) is 36.0 Å². The van der Waals surface area contributed by atoms with Crippen LogP contribution in [0.25, 0.3) is 10.8 Å². The molecule has 1 aromatic carbocycles. The van der Waals surface area contributed by atoms with E-state index in [2.05, 4.69) is 46.6 Å². The highest BCUT2D eigenvalue weighted by atomic mass is 16.7. The molecule has 5 nitrogen and oxygen atoms in total. The second-order valence-electron chi connectivity index (χ2n) is 7.45. The van der Waals surface area contributed by atoms with Crippen LogP contribution in [-0.2, 0) is 4.84 Å². The smallest absolute Gasteiger partial charge is 0.154 e. The van der Waals surface area contributed by atoms with Gasteiger partial charge in [0.1, 0.15) is 11.4 Å². The third kappa shape index (κ3) is 2.31. The Morgan fingerprint density at radius 2 is 2.12 bits per heavy atom. The van der Waals surface area contributed by atoms with Gasteiger partial charge < -0.3 is 4.90 Å². The lowest BCUT2D eigenvalue weighted by Gasteiger charge is -2.49. The van der Waals surface area contributed by atoms with Crippen LogP contribution >= 0.6 is 0 Å². The Kier molecular flexibility index (Phi) is 3.15. The Bertz CT molecular complexity index is 825. The van der Waals surface area contributed by atoms with E-state index in [1.54, 1.807) is 0 Å². The quantitative estimate of drug-likeness (QED) is 0.877. The molecule has 1 aromatic heterocycles. The number of rotatable bonds is 1. The molecule has 4 fully saturated rings. The largest absolute Gasteiger partial charge is 0.300 e. The summed E-state index contributed by atoms with van der Waals surface area (Å²) in [6.45, 7) is 5.56. The molecule has 2 aromatic rings. The molecule has 1 atom stereocenters. The summed E-state index contributed by atoms with van der Waals surface area (Å²) in [6.07, 6.45) is 5.24. The molecule has 1 spiro atoms. The van der Waals surface area contributed by atoms with E-state index in [-0.39, 0.29) is 5.60 Å². The van der Waals surface area contributed by atoms with Crippen molar-refractivity contribution in [1.82, 2.24) is 15.4 Å². The molecule has 5 heteroatoms. The van der Waals surface area contributed by atoms with E-state index >= 15 is 0 Å². The van der Waals surface area contributed by atoms with E-state index in [1.807, 2.05) is 6.20 Å². The maximum absolute atomic E-state index is 6.06. The number of benzene rings is 1. The molecule has 124 valence electrons. The van der Waals surface area contributed by atoms with E-state index in [0.29, 0.717) is 5.92 Å². The first-order valence-electron chi connectivity index (χ1n) is 8.81. The Morgan fingerprint density at radius 3 is 2.92 bits per heavy atom. The van der Waals surface area contributed by atoms with Crippen LogP contribution in [-0.4, -0.2) is 41.0 Å². The van der Waals surface area contributed by atoms with E-state index in [9.17, 15) is 0 Å². The SMILES string of the molecule is Cc1ccc2cnc(N=C3C[C@@]4(CN5CCC4CC5)ON3)cc2c1. The molecule has 4 aliphatic heterocycles. The number of nitrogens with one attached hydrogen (secondary N) is 1. The number of aliphatic imine (C=N–C) groups is 1. The highest BCUT2D eigenvalue weighted by molar-refractivity contribution is 5.88. The van der Waals surface area contributed by atoms with Crippen LogP contribution in [0.4, 0.5) is 5.82 Å². The highest BCUT2D eigenvalue weighted by Gasteiger charge is 2.52. The minimum atomic E-state index is -0.0806. The first kappa shape index (κ1) is 14.4. The van der Waals surface area contributed by atoms with Gasteiger partial charge >= 0.3 is 0 Å². The number of hydroxylamine groups is 1. The van der Waals surface area contributed by atoms with Gasteiger partial charge in [0.2, 0.25) is 0 Å². The van der Waals surface area contributed by atoms with Gasteiger partial charge in [-0.25, -0.2) is 9.98 Å². The van der Waals surface area contributed by atoms with Gasteiger partial charge in [-0.1, -0.05) is 23.8 Å². The number of aryl methyl sites for hydroxylation is 1. The Balaban J connectivity index is 1.43. The minimum Gasteiger partial charge on any atom is -0.300 e. The second-order valence-corrected chi connectivity index (χ2v) is 7.45. The van der Waals surface area contributed by atoms with Crippen molar-refractivity contribution in [3.8, 4) is 0 Å². The number of amidine groups is 1. The number of hydrogen-bond donors (Lipinski definition) is 1. The zero-order valence-corrected chi connectivity index (χ0v) is 14.0. The lowest BCUT2D eigenvalue weighted by atomic mass is 9.74. The zero-order chi connectivity index (χ0) is 16.1. The standard InChI is InChI=1S/C19H22N4O/c1-13-2-3-14-11-20-17(9-15(14)8-13)21-18-10-19(24-22-18)12-23-6-4-16(19)5-7-23/h2-3,8-9,11,16H,4-7,10,12H2,1H3,(H,20,21,22)/t19-/m0/s1. The van der Waals surface area contributed by atoms with Gasteiger partial charge in [0, 0.05) is 24.5 Å². The maximum Gasteiger partial charge on any atom is 0.154 e. The lowest BCUT2D eigenvalue weighted by Crippen LogP contribution is -2.59. The molecule has 4 aliphatic rings. The van der Waals surface area contributed by atoms with Crippen molar-refractivity contribution in [2.45, 2.75) is 31.8 Å². The number of fused-ring (bicyclic) bond motifs is 3. The summed E-state index contributed by atoms with van der Waals surface area (Å²) in [5, 5.41) is 2.33. The van der Waals surface area contributed by atoms with Crippen molar-refractivity contribution in [2.75, 3.05) is 19.6 Å². The summed E-state index contributed by atoms with van der Waals surface area (Å²) < 4.78 is 0. The number of piperidine rings is 3. The summed E-state index contributed by atoms with van der Waals surface area (Å²) in [7, 11) is 0. The summed E-state index contributed by atoms with van der Waals surface area (Å²) >= 11 is 0. The Hall–Kier alpha value is -1.98. The molecule has 5 heterocycles. The van der Waals surface area contributed by atoms with E-state index in [0.717, 1.165) is 30.0 Å². The number of nitrogens with zero attached hydrogens (tertiary/aromatic N) is 3. The van der Waals surface area contributed by atoms with E-state index in [4.69, 9.17) is 9.83 Å². The maximum atomic E-state index is 6.06. The summed E-state index contributed by atoms with van der Waals surface area (Å²) in [6, 6.07) is 8.44. The molecule has 1 N–H and O–H groups in total. The van der Waals surface area contributed by atoms with Crippen LogP contribution in [0.15, 0.2) is 35.5 Å². The van der Waals surface area contributed by atoms with Crippen LogP contribution in [0.1, 0.15) is 24.8 Å². The van der Waals surface area contributed by atoms with Crippen molar-refractivity contribution in [3.63, 3.8) is 0 Å². The molecular formula is C19H22N4O. The van der Waals surface area contributed by atoms with Crippen LogP contribution in [0.5, 0.6) is 0 Å². The van der Waals surface area contributed by atoms with Gasteiger partial charge in [0.15, 0.2) is 5.82 Å². The number of pyridine rings is 1. The van der Waals surface area contributed by atoms with Gasteiger partial charge in [0.05, 0.1) is 0 Å². The number of aromatic nitrogens is 1. The minimum absolute atomic E-state index is 0.0806. The fourth-order valence-corrected chi connectivity index (χ4v) is 4.47. The Morgan fingerprint density at radius 1 is 1.25 bits per heavy atom. The fraction of sp³-hybridized carbons (Fsp3) is 0.474. The molecule has 0 aliphatic carbocycles. The summed E-state index contributed by atoms with van der Waals surface area (Å²) in [5.41, 5.74) is 4.26. The van der Waals surface area contributed by atoms with Crippen LogP contribution in [0, 0.1) is 12.8 Å². The van der Waals surface area contributed by atoms with Crippen LogP contribution < -0.4 is 5.48 Å².